The standard InChI is InChI=1S/C15H23N7/c1-10(2)6-12(15-19-9-20-22(15)3)21-14-11-4-5-16-7-13(11)17-8-18-14/h8-10,12,16H,4-7H2,1-3H3,(H,17,18,21)/t12-/m0/s1. The van der Waals surface area contributed by atoms with Crippen molar-refractivity contribution in [2.24, 2.45) is 13.0 Å². The van der Waals surface area contributed by atoms with Crippen LogP contribution in [0.5, 0.6) is 0 Å². The molecular formula is C15H23N7. The molecule has 118 valence electrons. The largest absolute Gasteiger partial charge is 0.360 e. The quantitative estimate of drug-likeness (QED) is 0.870. The third kappa shape index (κ3) is 3.09. The van der Waals surface area contributed by atoms with Crippen LogP contribution in [0.4, 0.5) is 5.82 Å². The Bertz CT molecular complexity index is 635. The van der Waals surface area contributed by atoms with Gasteiger partial charge in [-0.3, -0.25) is 4.68 Å². The summed E-state index contributed by atoms with van der Waals surface area (Å²) in [5.41, 5.74) is 2.31. The number of aryl methyl sites for hydroxylation is 1. The van der Waals surface area contributed by atoms with Gasteiger partial charge < -0.3 is 10.6 Å². The Morgan fingerprint density at radius 1 is 1.27 bits per heavy atom. The number of aromatic nitrogens is 5. The molecule has 0 saturated carbocycles. The summed E-state index contributed by atoms with van der Waals surface area (Å²) in [7, 11) is 1.93. The lowest BCUT2D eigenvalue weighted by atomic mass is 10.0. The Hall–Kier alpha value is -2.02. The van der Waals surface area contributed by atoms with Crippen molar-refractivity contribution >= 4 is 5.82 Å². The highest BCUT2D eigenvalue weighted by Crippen LogP contribution is 2.27. The fourth-order valence-corrected chi connectivity index (χ4v) is 2.89. The average Bonchev–Trinajstić information content (AvgIpc) is 2.92. The predicted molar refractivity (Wildman–Crippen MR) is 84.3 cm³/mol. The lowest BCUT2D eigenvalue weighted by Gasteiger charge is -2.24. The van der Waals surface area contributed by atoms with Gasteiger partial charge in [-0.2, -0.15) is 5.10 Å². The molecule has 0 spiro atoms. The van der Waals surface area contributed by atoms with Gasteiger partial charge in [0.15, 0.2) is 0 Å². The van der Waals surface area contributed by atoms with Crippen LogP contribution in [0.25, 0.3) is 0 Å². The maximum absolute atomic E-state index is 4.47. The minimum absolute atomic E-state index is 0.0985. The molecule has 0 amide bonds. The molecule has 3 heterocycles. The normalized spacial score (nSPS) is 15.6. The fourth-order valence-electron chi connectivity index (χ4n) is 2.89. The van der Waals surface area contributed by atoms with Crippen molar-refractivity contribution in [1.29, 1.82) is 0 Å². The van der Waals surface area contributed by atoms with Crippen LogP contribution in [0, 0.1) is 5.92 Å². The van der Waals surface area contributed by atoms with Gasteiger partial charge in [0.2, 0.25) is 0 Å². The van der Waals surface area contributed by atoms with Crippen LogP contribution in [0.15, 0.2) is 12.7 Å². The molecule has 7 nitrogen and oxygen atoms in total. The molecule has 1 aliphatic heterocycles. The van der Waals surface area contributed by atoms with Gasteiger partial charge in [0.05, 0.1) is 11.7 Å². The molecule has 2 N–H and O–H groups in total. The van der Waals surface area contributed by atoms with Gasteiger partial charge in [0, 0.05) is 19.2 Å². The van der Waals surface area contributed by atoms with Crippen LogP contribution < -0.4 is 10.6 Å². The minimum atomic E-state index is 0.0985. The van der Waals surface area contributed by atoms with Crippen LogP contribution in [0.1, 0.15) is 43.4 Å². The van der Waals surface area contributed by atoms with Crippen molar-refractivity contribution < 1.29 is 0 Å². The van der Waals surface area contributed by atoms with Crippen molar-refractivity contribution in [1.82, 2.24) is 30.0 Å². The van der Waals surface area contributed by atoms with Gasteiger partial charge in [0.25, 0.3) is 0 Å². The van der Waals surface area contributed by atoms with E-state index < -0.39 is 0 Å². The van der Waals surface area contributed by atoms with E-state index in [2.05, 4.69) is 44.5 Å². The summed E-state index contributed by atoms with van der Waals surface area (Å²) in [4.78, 5) is 13.3. The first kappa shape index (κ1) is 14.9. The Morgan fingerprint density at radius 2 is 2.14 bits per heavy atom. The summed E-state index contributed by atoms with van der Waals surface area (Å²) >= 11 is 0. The molecule has 0 aromatic carbocycles. The second kappa shape index (κ2) is 6.39. The first-order valence-electron chi connectivity index (χ1n) is 7.79. The molecule has 2 aromatic rings. The number of nitrogens with zero attached hydrogens (tertiary/aromatic N) is 5. The van der Waals surface area contributed by atoms with Crippen LogP contribution in [-0.4, -0.2) is 31.3 Å². The van der Waals surface area contributed by atoms with Crippen molar-refractivity contribution in [2.45, 2.75) is 39.3 Å². The molecule has 22 heavy (non-hydrogen) atoms. The van der Waals surface area contributed by atoms with Gasteiger partial charge in [-0.05, 0) is 25.3 Å². The molecule has 1 aliphatic rings. The Morgan fingerprint density at radius 3 is 2.86 bits per heavy atom. The molecule has 0 bridgehead atoms. The maximum Gasteiger partial charge on any atom is 0.149 e. The topological polar surface area (TPSA) is 80.6 Å². The highest BCUT2D eigenvalue weighted by Gasteiger charge is 2.22. The highest BCUT2D eigenvalue weighted by atomic mass is 15.3. The molecule has 1 atom stereocenters. The SMILES string of the molecule is CC(C)C[C@H](Nc1ncnc2c1CCNC2)c1ncnn1C. The van der Waals surface area contributed by atoms with Crippen molar-refractivity contribution in [2.75, 3.05) is 11.9 Å². The van der Waals surface area contributed by atoms with Gasteiger partial charge in [-0.15, -0.1) is 0 Å². The summed E-state index contributed by atoms with van der Waals surface area (Å²) < 4.78 is 1.83. The van der Waals surface area contributed by atoms with E-state index in [0.29, 0.717) is 5.92 Å². The highest BCUT2D eigenvalue weighted by molar-refractivity contribution is 5.48. The number of fused-ring (bicyclic) bond motifs is 1. The lowest BCUT2D eigenvalue weighted by molar-refractivity contribution is 0.496. The third-order valence-corrected chi connectivity index (χ3v) is 3.95. The molecule has 2 aromatic heterocycles. The third-order valence-electron chi connectivity index (χ3n) is 3.95. The smallest absolute Gasteiger partial charge is 0.149 e. The summed E-state index contributed by atoms with van der Waals surface area (Å²) in [5, 5.41) is 11.1. The van der Waals surface area contributed by atoms with Crippen molar-refractivity contribution in [3.05, 3.63) is 29.7 Å². The Labute approximate surface area is 130 Å². The summed E-state index contributed by atoms with van der Waals surface area (Å²) in [6.07, 6.45) is 5.16. The molecule has 0 saturated heterocycles. The van der Waals surface area contributed by atoms with Crippen LogP contribution in [-0.2, 0) is 20.0 Å². The monoisotopic (exact) mass is 301 g/mol. The van der Waals surface area contributed by atoms with Gasteiger partial charge in [0.1, 0.15) is 24.3 Å². The van der Waals surface area contributed by atoms with Crippen molar-refractivity contribution in [3.8, 4) is 0 Å². The zero-order valence-corrected chi connectivity index (χ0v) is 13.4. The molecular weight excluding hydrogens is 278 g/mol. The molecule has 0 radical (unpaired) electrons. The van der Waals surface area contributed by atoms with E-state index >= 15 is 0 Å². The van der Waals surface area contributed by atoms with E-state index in [0.717, 1.165) is 43.3 Å². The number of rotatable bonds is 5. The molecule has 0 fully saturated rings. The molecule has 0 unspecified atom stereocenters. The van der Waals surface area contributed by atoms with Gasteiger partial charge >= 0.3 is 0 Å². The molecule has 7 heteroatoms. The lowest BCUT2D eigenvalue weighted by Crippen LogP contribution is -2.27. The Kier molecular flexibility index (Phi) is 4.33. The zero-order valence-electron chi connectivity index (χ0n) is 13.4. The van der Waals surface area contributed by atoms with Gasteiger partial charge in [-0.25, -0.2) is 15.0 Å². The predicted octanol–water partition coefficient (Wildman–Crippen LogP) is 1.45. The fraction of sp³-hybridized carbons (Fsp3) is 0.600. The van der Waals surface area contributed by atoms with E-state index in [4.69, 9.17) is 0 Å². The maximum atomic E-state index is 4.47. The van der Waals surface area contributed by atoms with Gasteiger partial charge in [-0.1, -0.05) is 13.8 Å². The molecule has 3 rings (SSSR count). The number of hydrogen-bond donors (Lipinski definition) is 2. The average molecular weight is 301 g/mol. The molecule has 0 aliphatic carbocycles. The number of hydrogen-bond acceptors (Lipinski definition) is 6. The zero-order chi connectivity index (χ0) is 15.5. The summed E-state index contributed by atoms with van der Waals surface area (Å²) in [6, 6.07) is 0.0985. The van der Waals surface area contributed by atoms with E-state index in [1.165, 1.54) is 5.56 Å². The first-order chi connectivity index (χ1) is 10.6. The van der Waals surface area contributed by atoms with Crippen LogP contribution in [0.2, 0.25) is 0 Å². The van der Waals surface area contributed by atoms with E-state index in [9.17, 15) is 0 Å². The van der Waals surface area contributed by atoms with Crippen LogP contribution >= 0.6 is 0 Å². The second-order valence-corrected chi connectivity index (χ2v) is 6.14. The first-order valence-corrected chi connectivity index (χ1v) is 7.79. The summed E-state index contributed by atoms with van der Waals surface area (Å²) in [5.74, 6) is 2.42. The van der Waals surface area contributed by atoms with Crippen molar-refractivity contribution in [3.63, 3.8) is 0 Å². The summed E-state index contributed by atoms with van der Waals surface area (Å²) in [6.45, 7) is 6.20. The van der Waals surface area contributed by atoms with Crippen LogP contribution in [0.3, 0.4) is 0 Å². The number of anilines is 1. The Balaban J connectivity index is 1.89. The minimum Gasteiger partial charge on any atom is -0.360 e. The second-order valence-electron chi connectivity index (χ2n) is 6.14. The van der Waals surface area contributed by atoms with E-state index in [1.54, 1.807) is 12.7 Å². The number of nitrogens with one attached hydrogen (secondary N) is 2. The van der Waals surface area contributed by atoms with E-state index in [-0.39, 0.29) is 6.04 Å². The van der Waals surface area contributed by atoms with E-state index in [1.807, 2.05) is 11.7 Å².